The van der Waals surface area contributed by atoms with Gasteiger partial charge >= 0.3 is 0 Å². The molecule has 0 saturated heterocycles. The molecular formula is C21H22N4O5S. The van der Waals surface area contributed by atoms with E-state index in [-0.39, 0.29) is 10.8 Å². The van der Waals surface area contributed by atoms with Crippen LogP contribution in [-0.4, -0.2) is 43.6 Å². The molecular weight excluding hydrogens is 420 g/mol. The summed E-state index contributed by atoms with van der Waals surface area (Å²) in [5.41, 5.74) is 0.802. The van der Waals surface area contributed by atoms with Crippen molar-refractivity contribution in [2.24, 2.45) is 0 Å². The first-order valence-corrected chi connectivity index (χ1v) is 11.3. The van der Waals surface area contributed by atoms with Crippen LogP contribution in [0.5, 0.6) is 11.5 Å². The van der Waals surface area contributed by atoms with Gasteiger partial charge in [0.1, 0.15) is 13.2 Å². The Balaban J connectivity index is 1.33. The molecule has 1 aliphatic heterocycles. The number of sulfonamides is 1. The molecule has 1 aromatic heterocycles. The molecule has 2 N–H and O–H groups in total. The van der Waals surface area contributed by atoms with Gasteiger partial charge in [0, 0.05) is 42.8 Å². The number of nitrogens with zero attached hydrogens (tertiary/aromatic N) is 2. The average molecular weight is 442 g/mol. The lowest BCUT2D eigenvalue weighted by atomic mass is 10.2. The summed E-state index contributed by atoms with van der Waals surface area (Å²) in [6.07, 6.45) is 6.08. The van der Waals surface area contributed by atoms with E-state index in [1.165, 1.54) is 12.1 Å². The van der Waals surface area contributed by atoms with Gasteiger partial charge in [0.2, 0.25) is 0 Å². The second-order valence-electron chi connectivity index (χ2n) is 6.90. The summed E-state index contributed by atoms with van der Waals surface area (Å²) in [4.78, 5) is 16.3. The van der Waals surface area contributed by atoms with E-state index >= 15 is 0 Å². The maximum Gasteiger partial charge on any atom is 0.262 e. The molecule has 4 rings (SSSR count). The Morgan fingerprint density at radius 3 is 2.58 bits per heavy atom. The van der Waals surface area contributed by atoms with Crippen molar-refractivity contribution in [3.05, 3.63) is 66.7 Å². The van der Waals surface area contributed by atoms with Gasteiger partial charge in [0.05, 0.1) is 11.2 Å². The molecule has 0 unspecified atom stereocenters. The van der Waals surface area contributed by atoms with Crippen molar-refractivity contribution in [1.82, 2.24) is 14.9 Å². The topological polar surface area (TPSA) is 112 Å². The van der Waals surface area contributed by atoms with Crippen LogP contribution in [0.1, 0.15) is 16.8 Å². The SMILES string of the molecule is O=C(NCCCn1ccnc1)c1ccc(NS(=O)(=O)c2ccc3c(c2)OCCO3)cc1. The number of fused-ring (bicyclic) bond motifs is 1. The van der Waals surface area contributed by atoms with Gasteiger partial charge in [-0.2, -0.15) is 0 Å². The number of benzene rings is 2. The molecule has 162 valence electrons. The van der Waals surface area contributed by atoms with Crippen molar-refractivity contribution in [3.8, 4) is 11.5 Å². The van der Waals surface area contributed by atoms with Crippen molar-refractivity contribution in [2.45, 2.75) is 17.9 Å². The Bertz CT molecular complexity index is 1150. The molecule has 0 bridgehead atoms. The summed E-state index contributed by atoms with van der Waals surface area (Å²) < 4.78 is 40.7. The van der Waals surface area contributed by atoms with E-state index in [1.54, 1.807) is 42.9 Å². The number of aromatic nitrogens is 2. The van der Waals surface area contributed by atoms with Crippen LogP contribution in [0.3, 0.4) is 0 Å². The third-order valence-electron chi connectivity index (χ3n) is 4.66. The lowest BCUT2D eigenvalue weighted by Gasteiger charge is -2.19. The van der Waals surface area contributed by atoms with E-state index in [2.05, 4.69) is 15.0 Å². The van der Waals surface area contributed by atoms with Gasteiger partial charge in [-0.05, 0) is 42.8 Å². The van der Waals surface area contributed by atoms with Gasteiger partial charge in [0.25, 0.3) is 15.9 Å². The normalized spacial score (nSPS) is 12.9. The highest BCUT2D eigenvalue weighted by molar-refractivity contribution is 7.92. The van der Waals surface area contributed by atoms with Gasteiger partial charge in [0.15, 0.2) is 11.5 Å². The predicted octanol–water partition coefficient (Wildman–Crippen LogP) is 2.28. The Morgan fingerprint density at radius 2 is 1.84 bits per heavy atom. The third-order valence-corrected chi connectivity index (χ3v) is 6.04. The summed E-state index contributed by atoms with van der Waals surface area (Å²) in [6, 6.07) is 10.7. The molecule has 3 aromatic rings. The van der Waals surface area contributed by atoms with E-state index in [1.807, 2.05) is 10.8 Å². The summed E-state index contributed by atoms with van der Waals surface area (Å²) in [6.45, 7) is 2.09. The smallest absolute Gasteiger partial charge is 0.262 e. The standard InChI is InChI=1S/C21H22N4O5S/c26-21(23-8-1-10-25-11-9-22-15-25)16-2-4-17(5-3-16)24-31(27,28)18-6-7-19-20(14-18)30-13-12-29-19/h2-7,9,11,14-15,24H,1,8,10,12-13H2,(H,23,26). The van der Waals surface area contributed by atoms with Gasteiger partial charge in [-0.3, -0.25) is 9.52 Å². The minimum absolute atomic E-state index is 0.0662. The van der Waals surface area contributed by atoms with Crippen molar-refractivity contribution in [3.63, 3.8) is 0 Å². The number of carbonyl (C=O) groups excluding carboxylic acids is 1. The fourth-order valence-corrected chi connectivity index (χ4v) is 4.15. The van der Waals surface area contributed by atoms with Gasteiger partial charge < -0.3 is 19.4 Å². The Labute approximate surface area is 180 Å². The molecule has 0 atom stereocenters. The van der Waals surface area contributed by atoms with Crippen LogP contribution in [0.4, 0.5) is 5.69 Å². The molecule has 10 heteroatoms. The fourth-order valence-electron chi connectivity index (χ4n) is 3.08. The molecule has 1 amide bonds. The number of carbonyl (C=O) groups is 1. The molecule has 0 radical (unpaired) electrons. The summed E-state index contributed by atoms with van der Waals surface area (Å²) in [5, 5.41) is 2.85. The molecule has 0 fully saturated rings. The number of imidazole rings is 1. The maximum atomic E-state index is 12.7. The van der Waals surface area contributed by atoms with Gasteiger partial charge in [-0.1, -0.05) is 0 Å². The molecule has 2 heterocycles. The monoisotopic (exact) mass is 442 g/mol. The van der Waals surface area contributed by atoms with E-state index in [4.69, 9.17) is 9.47 Å². The van der Waals surface area contributed by atoms with Gasteiger partial charge in [-0.25, -0.2) is 13.4 Å². The zero-order valence-corrected chi connectivity index (χ0v) is 17.5. The maximum absolute atomic E-state index is 12.7. The number of anilines is 1. The van der Waals surface area contributed by atoms with E-state index in [0.717, 1.165) is 13.0 Å². The lowest BCUT2D eigenvalue weighted by Crippen LogP contribution is -2.25. The number of hydrogen-bond donors (Lipinski definition) is 2. The average Bonchev–Trinajstić information content (AvgIpc) is 3.30. The highest BCUT2D eigenvalue weighted by atomic mass is 32.2. The Hall–Kier alpha value is -3.53. The predicted molar refractivity (Wildman–Crippen MR) is 114 cm³/mol. The van der Waals surface area contributed by atoms with Crippen LogP contribution in [0, 0.1) is 0 Å². The van der Waals surface area contributed by atoms with Crippen molar-refractivity contribution in [1.29, 1.82) is 0 Å². The van der Waals surface area contributed by atoms with E-state index in [9.17, 15) is 13.2 Å². The van der Waals surface area contributed by atoms with Crippen molar-refractivity contribution < 1.29 is 22.7 Å². The fraction of sp³-hybridized carbons (Fsp3) is 0.238. The van der Waals surface area contributed by atoms with Crippen molar-refractivity contribution >= 4 is 21.6 Å². The molecule has 2 aromatic carbocycles. The summed E-state index contributed by atoms with van der Waals surface area (Å²) in [7, 11) is -3.81. The highest BCUT2D eigenvalue weighted by Gasteiger charge is 2.19. The van der Waals surface area contributed by atoms with Crippen LogP contribution in [-0.2, 0) is 16.6 Å². The first-order valence-electron chi connectivity index (χ1n) is 9.78. The minimum Gasteiger partial charge on any atom is -0.486 e. The lowest BCUT2D eigenvalue weighted by molar-refractivity contribution is 0.0952. The van der Waals surface area contributed by atoms with Crippen LogP contribution in [0.25, 0.3) is 0 Å². The van der Waals surface area contributed by atoms with E-state index < -0.39 is 10.0 Å². The number of amides is 1. The summed E-state index contributed by atoms with van der Waals surface area (Å²) >= 11 is 0. The number of ether oxygens (including phenoxy) is 2. The number of aryl methyl sites for hydroxylation is 1. The molecule has 9 nitrogen and oxygen atoms in total. The van der Waals surface area contributed by atoms with Crippen LogP contribution in [0.2, 0.25) is 0 Å². The highest BCUT2D eigenvalue weighted by Crippen LogP contribution is 2.32. The molecule has 0 spiro atoms. The zero-order chi connectivity index (χ0) is 21.7. The van der Waals surface area contributed by atoms with Crippen LogP contribution < -0.4 is 19.5 Å². The first-order chi connectivity index (χ1) is 15.0. The largest absolute Gasteiger partial charge is 0.486 e. The van der Waals surface area contributed by atoms with Crippen LogP contribution in [0.15, 0.2) is 66.1 Å². The molecule has 31 heavy (non-hydrogen) atoms. The summed E-state index contributed by atoms with van der Waals surface area (Å²) in [5.74, 6) is 0.701. The quantitative estimate of drug-likeness (QED) is 0.518. The van der Waals surface area contributed by atoms with Crippen LogP contribution >= 0.6 is 0 Å². The van der Waals surface area contributed by atoms with E-state index in [0.29, 0.717) is 42.5 Å². The Kier molecular flexibility index (Phi) is 6.08. The second kappa shape index (κ2) is 9.09. The van der Waals surface area contributed by atoms with Crippen molar-refractivity contribution in [2.75, 3.05) is 24.5 Å². The minimum atomic E-state index is -3.81. The number of rotatable bonds is 8. The zero-order valence-electron chi connectivity index (χ0n) is 16.7. The Morgan fingerprint density at radius 1 is 1.06 bits per heavy atom. The second-order valence-corrected chi connectivity index (χ2v) is 8.58. The van der Waals surface area contributed by atoms with Gasteiger partial charge in [-0.15, -0.1) is 0 Å². The number of nitrogens with one attached hydrogen (secondary N) is 2. The molecule has 0 aliphatic carbocycles. The first kappa shape index (κ1) is 20.7. The molecule has 1 aliphatic rings. The number of hydrogen-bond acceptors (Lipinski definition) is 6. The third kappa shape index (κ3) is 5.15. The molecule has 0 saturated carbocycles.